The maximum absolute atomic E-state index is 15.6. The van der Waals surface area contributed by atoms with Gasteiger partial charge in [0, 0.05) is 59.1 Å². The second-order valence-electron chi connectivity index (χ2n) is 20.0. The van der Waals surface area contributed by atoms with Gasteiger partial charge in [-0.05, 0) is 142 Å². The summed E-state index contributed by atoms with van der Waals surface area (Å²) >= 11 is 3.58. The zero-order valence-corrected chi connectivity index (χ0v) is 41.7. The monoisotopic (exact) mass is 968 g/mol. The van der Waals surface area contributed by atoms with Crippen LogP contribution < -0.4 is 9.80 Å². The smallest absolute Gasteiger partial charge is 0.125 e. The first kappa shape index (κ1) is 42.9. The molecule has 0 aliphatic heterocycles. The average Bonchev–Trinajstić information content (AvgIpc) is 4.07. The van der Waals surface area contributed by atoms with Gasteiger partial charge < -0.3 is 9.80 Å². The summed E-state index contributed by atoms with van der Waals surface area (Å²) in [7, 11) is 0. The number of nitrogens with zero attached hydrogens (tertiary/aromatic N) is 2. The van der Waals surface area contributed by atoms with Crippen molar-refractivity contribution in [2.24, 2.45) is 0 Å². The summed E-state index contributed by atoms with van der Waals surface area (Å²) in [5, 5.41) is 4.78. The number of aryl methyl sites for hydroxylation is 2. The van der Waals surface area contributed by atoms with E-state index in [0.29, 0.717) is 0 Å². The lowest BCUT2D eigenvalue weighted by Gasteiger charge is -2.46. The minimum Gasteiger partial charge on any atom is -0.309 e. The third kappa shape index (κ3) is 6.03. The Bertz CT molecular complexity index is 3970. The van der Waals surface area contributed by atoms with Gasteiger partial charge in [0.25, 0.3) is 0 Å². The van der Waals surface area contributed by atoms with Crippen LogP contribution in [0.4, 0.5) is 42.9 Å². The van der Waals surface area contributed by atoms with Crippen molar-refractivity contribution in [1.29, 1.82) is 0 Å². The van der Waals surface area contributed by atoms with E-state index in [2.05, 4.69) is 195 Å². The summed E-state index contributed by atoms with van der Waals surface area (Å²) in [5.41, 5.74) is 16.4. The van der Waals surface area contributed by atoms with Crippen molar-refractivity contribution >= 4 is 97.1 Å². The van der Waals surface area contributed by atoms with Gasteiger partial charge in [0.2, 0.25) is 0 Å². The topological polar surface area (TPSA) is 6.48 Å². The molecule has 2 nitrogen and oxygen atoms in total. The highest BCUT2D eigenvalue weighted by atomic mass is 32.1. The zero-order chi connectivity index (χ0) is 48.6. The fraction of sp³-hybridized carbons (Fsp3) is 0.0909. The second kappa shape index (κ2) is 15.8. The van der Waals surface area contributed by atoms with E-state index in [9.17, 15) is 0 Å². The Balaban J connectivity index is 1.07. The number of thiophene rings is 2. The van der Waals surface area contributed by atoms with Crippen molar-refractivity contribution < 1.29 is 8.78 Å². The Labute approximate surface area is 425 Å². The number of benzene rings is 10. The molecule has 2 aliphatic carbocycles. The molecule has 2 aliphatic rings. The molecule has 0 saturated carbocycles. The highest BCUT2D eigenvalue weighted by molar-refractivity contribution is 7.27. The first-order valence-electron chi connectivity index (χ1n) is 24.5. The molecule has 0 amide bonds. The summed E-state index contributed by atoms with van der Waals surface area (Å²) in [5.74, 6) is -0.600. The fourth-order valence-electron chi connectivity index (χ4n) is 12.5. The predicted octanol–water partition coefficient (Wildman–Crippen LogP) is 19.3. The number of anilines is 6. The predicted molar refractivity (Wildman–Crippen MR) is 300 cm³/mol. The lowest BCUT2D eigenvalue weighted by Crippen LogP contribution is -2.40. The molecule has 0 radical (unpaired) electrons. The summed E-state index contributed by atoms with van der Waals surface area (Å²) in [6.07, 6.45) is 0. The fourth-order valence-corrected chi connectivity index (χ4v) is 15.0. The van der Waals surface area contributed by atoms with Gasteiger partial charge in [-0.3, -0.25) is 0 Å². The second-order valence-corrected chi connectivity index (χ2v) is 22.0. The number of halogens is 2. The van der Waals surface area contributed by atoms with Crippen LogP contribution in [0.25, 0.3) is 51.5 Å². The average molecular weight is 969 g/mol. The van der Waals surface area contributed by atoms with Gasteiger partial charge in [-0.15, -0.1) is 22.7 Å². The molecule has 2 aromatic heterocycles. The van der Waals surface area contributed by atoms with Crippen molar-refractivity contribution in [3.05, 3.63) is 262 Å². The molecule has 0 bridgehead atoms. The van der Waals surface area contributed by atoms with Crippen LogP contribution in [0.5, 0.6) is 0 Å². The minimum atomic E-state index is -0.677. The molecule has 0 unspecified atom stereocenters. The highest BCUT2D eigenvalue weighted by Gasteiger charge is 2.53. The third-order valence-corrected chi connectivity index (χ3v) is 18.4. The Morgan fingerprint density at radius 2 is 0.722 bits per heavy atom. The van der Waals surface area contributed by atoms with E-state index in [0.717, 1.165) is 54.7 Å². The van der Waals surface area contributed by atoms with Gasteiger partial charge in [-0.1, -0.05) is 147 Å². The summed E-state index contributed by atoms with van der Waals surface area (Å²) in [6.45, 7) is 9.04. The van der Waals surface area contributed by atoms with Crippen LogP contribution in [0.2, 0.25) is 0 Å². The zero-order valence-electron chi connectivity index (χ0n) is 40.1. The highest BCUT2D eigenvalue weighted by Crippen LogP contribution is 2.63. The Hall–Kier alpha value is -7.90. The molecule has 6 heteroatoms. The Morgan fingerprint density at radius 1 is 0.347 bits per heavy atom. The maximum Gasteiger partial charge on any atom is 0.125 e. The van der Waals surface area contributed by atoms with Crippen LogP contribution in [0.1, 0.15) is 58.4 Å². The molecule has 12 aromatic rings. The molecule has 0 N–H and O–H groups in total. The first-order valence-corrected chi connectivity index (χ1v) is 26.2. The van der Waals surface area contributed by atoms with Crippen molar-refractivity contribution in [2.45, 2.75) is 38.5 Å². The number of hydrogen-bond acceptors (Lipinski definition) is 4. The first-order chi connectivity index (χ1) is 35.1. The van der Waals surface area contributed by atoms with Crippen LogP contribution in [0, 0.1) is 25.5 Å². The van der Waals surface area contributed by atoms with E-state index in [1.165, 1.54) is 87.6 Å². The molecule has 0 fully saturated rings. The van der Waals surface area contributed by atoms with Crippen molar-refractivity contribution in [3.63, 3.8) is 0 Å². The number of hydrogen-bond donors (Lipinski definition) is 0. The minimum absolute atomic E-state index is 0.272. The standard InChI is InChI=1S/C66H46F2N2S2/c1-39-15-9-21-47-49-23-13-29-59(63(49)71-61(39)47)69(43-19-11-17-41(67)35-43)45-31-33-53-51(37-45)52-38-46(32-34-54(52)66(53)57-27-7-5-25-55(57)65(3,4)56-26-6-8-28-58(56)66)70(44-20-12-18-42(68)36-44)60-30-14-24-50-48-22-10-16-40(2)62(48)72-64(50)60/h5-38H,1-4H3. The van der Waals surface area contributed by atoms with Gasteiger partial charge in [0.05, 0.1) is 26.2 Å². The molecule has 0 atom stereocenters. The SMILES string of the molecule is Cc1cccc2c1sc1c(N(c3cccc(F)c3)c3ccc4c(c3)-c3cc(N(c5cccc(F)c5)c5cccc6c5sc5c(C)cccc56)ccc3C43c4ccccc4C(C)(C)c4ccccc43)cccc12. The van der Waals surface area contributed by atoms with Crippen molar-refractivity contribution in [1.82, 2.24) is 0 Å². The van der Waals surface area contributed by atoms with E-state index in [1.807, 2.05) is 12.1 Å². The van der Waals surface area contributed by atoms with Crippen LogP contribution in [-0.2, 0) is 10.8 Å². The van der Waals surface area contributed by atoms with E-state index >= 15 is 8.78 Å². The quantitative estimate of drug-likeness (QED) is 0.164. The van der Waals surface area contributed by atoms with Gasteiger partial charge in [0.15, 0.2) is 0 Å². The van der Waals surface area contributed by atoms with Crippen molar-refractivity contribution in [3.8, 4) is 11.1 Å². The molecule has 14 rings (SSSR count). The molecular formula is C66H46F2N2S2. The van der Waals surface area contributed by atoms with Crippen LogP contribution in [0.15, 0.2) is 206 Å². The summed E-state index contributed by atoms with van der Waals surface area (Å²) in [4.78, 5) is 4.47. The molecule has 1 spiro atoms. The Kier molecular flexibility index (Phi) is 9.42. The maximum atomic E-state index is 15.6. The molecule has 10 aromatic carbocycles. The molecule has 0 saturated heterocycles. The summed E-state index contributed by atoms with van der Waals surface area (Å²) < 4.78 is 36.1. The lowest BCUT2D eigenvalue weighted by atomic mass is 9.55. The summed E-state index contributed by atoms with van der Waals surface area (Å²) in [6, 6.07) is 71.7. The molecule has 72 heavy (non-hydrogen) atoms. The number of fused-ring (bicyclic) bond motifs is 15. The normalized spacial score (nSPS) is 13.9. The number of rotatable bonds is 6. The molecule has 346 valence electrons. The van der Waals surface area contributed by atoms with Crippen LogP contribution in [-0.4, -0.2) is 0 Å². The van der Waals surface area contributed by atoms with E-state index in [1.54, 1.807) is 46.9 Å². The molecule has 2 heterocycles. The van der Waals surface area contributed by atoms with E-state index in [-0.39, 0.29) is 17.0 Å². The lowest BCUT2D eigenvalue weighted by molar-refractivity contribution is 0.563. The van der Waals surface area contributed by atoms with Gasteiger partial charge in [-0.2, -0.15) is 0 Å². The largest absolute Gasteiger partial charge is 0.309 e. The third-order valence-electron chi connectivity index (χ3n) is 15.6. The van der Waals surface area contributed by atoms with Crippen molar-refractivity contribution in [2.75, 3.05) is 9.80 Å². The van der Waals surface area contributed by atoms with Crippen LogP contribution >= 0.6 is 22.7 Å². The van der Waals surface area contributed by atoms with Gasteiger partial charge in [-0.25, -0.2) is 8.78 Å². The van der Waals surface area contributed by atoms with E-state index < -0.39 is 5.41 Å². The van der Waals surface area contributed by atoms with Gasteiger partial charge >= 0.3 is 0 Å². The van der Waals surface area contributed by atoms with E-state index in [4.69, 9.17) is 0 Å². The molecular weight excluding hydrogens is 923 g/mol. The Morgan fingerprint density at radius 3 is 1.15 bits per heavy atom. The van der Waals surface area contributed by atoms with Crippen LogP contribution in [0.3, 0.4) is 0 Å². The van der Waals surface area contributed by atoms with Gasteiger partial charge in [0.1, 0.15) is 11.6 Å².